The maximum Gasteiger partial charge on any atom is 0.238 e. The first-order chi connectivity index (χ1) is 15.1. The van der Waals surface area contributed by atoms with E-state index in [9.17, 15) is 14.0 Å². The van der Waals surface area contributed by atoms with Crippen molar-refractivity contribution in [1.82, 2.24) is 0 Å². The smallest absolute Gasteiger partial charge is 0.238 e. The molecule has 1 aliphatic heterocycles. The quantitative estimate of drug-likeness (QED) is 0.538. The summed E-state index contributed by atoms with van der Waals surface area (Å²) in [4.78, 5) is 26.9. The predicted molar refractivity (Wildman–Crippen MR) is 124 cm³/mol. The molecule has 1 heterocycles. The van der Waals surface area contributed by atoms with E-state index in [1.807, 2.05) is 61.5 Å². The lowest BCUT2D eigenvalue weighted by Gasteiger charge is -2.24. The van der Waals surface area contributed by atoms with Crippen molar-refractivity contribution in [3.63, 3.8) is 0 Å². The molecule has 0 spiro atoms. The van der Waals surface area contributed by atoms with Crippen LogP contribution in [0.5, 0.6) is 0 Å². The van der Waals surface area contributed by atoms with E-state index in [4.69, 9.17) is 0 Å². The number of benzene rings is 3. The van der Waals surface area contributed by atoms with Gasteiger partial charge in [-0.15, -0.1) is 11.8 Å². The average molecular weight is 435 g/mol. The highest BCUT2D eigenvalue weighted by atomic mass is 32.2. The highest BCUT2D eigenvalue weighted by Crippen LogP contribution is 2.42. The van der Waals surface area contributed by atoms with Crippen molar-refractivity contribution in [2.45, 2.75) is 24.6 Å². The molecular weight excluding hydrogens is 411 g/mol. The lowest BCUT2D eigenvalue weighted by Crippen LogP contribution is -2.27. The fraction of sp³-hybridized carbons (Fsp3) is 0.200. The molecule has 6 heteroatoms. The third kappa shape index (κ3) is 4.64. The summed E-state index contributed by atoms with van der Waals surface area (Å²) in [6, 6.07) is 23.3. The molecule has 0 saturated carbocycles. The SMILES string of the molecule is CC[C@@H](C(=O)Nc1ccc([C@@H]2SCC(=O)N2c2cccc(F)c2)cc1)c1ccccc1. The van der Waals surface area contributed by atoms with E-state index in [2.05, 4.69) is 5.32 Å². The molecule has 2 atom stereocenters. The van der Waals surface area contributed by atoms with Crippen molar-refractivity contribution in [3.8, 4) is 0 Å². The van der Waals surface area contributed by atoms with Crippen LogP contribution in [0.4, 0.5) is 15.8 Å². The van der Waals surface area contributed by atoms with E-state index in [0.29, 0.717) is 23.5 Å². The molecule has 3 aromatic rings. The third-order valence-corrected chi connectivity index (χ3v) is 6.56. The van der Waals surface area contributed by atoms with Crippen LogP contribution in [0.1, 0.15) is 35.8 Å². The lowest BCUT2D eigenvalue weighted by molar-refractivity contribution is -0.118. The van der Waals surface area contributed by atoms with Crippen LogP contribution in [0.25, 0.3) is 0 Å². The van der Waals surface area contributed by atoms with Gasteiger partial charge in [0.1, 0.15) is 11.2 Å². The zero-order valence-electron chi connectivity index (χ0n) is 17.1. The van der Waals surface area contributed by atoms with E-state index in [1.165, 1.54) is 23.9 Å². The van der Waals surface area contributed by atoms with Gasteiger partial charge in [-0.05, 0) is 47.9 Å². The average Bonchev–Trinajstić information content (AvgIpc) is 3.17. The zero-order valence-corrected chi connectivity index (χ0v) is 17.9. The van der Waals surface area contributed by atoms with Crippen LogP contribution in [0.2, 0.25) is 0 Å². The standard InChI is InChI=1S/C25H23FN2O2S/c1-2-22(17-7-4-3-5-8-17)24(30)27-20-13-11-18(12-14-20)25-28(23(29)16-31-25)21-10-6-9-19(26)15-21/h3-15,22,25H,2,16H2,1H3,(H,27,30)/t22-,25+/m1/s1. The summed E-state index contributed by atoms with van der Waals surface area (Å²) >= 11 is 1.50. The first-order valence-corrected chi connectivity index (χ1v) is 11.3. The fourth-order valence-corrected chi connectivity index (χ4v) is 4.97. The zero-order chi connectivity index (χ0) is 21.8. The second kappa shape index (κ2) is 9.35. The number of hydrogen-bond acceptors (Lipinski definition) is 3. The molecular formula is C25H23FN2O2S. The predicted octanol–water partition coefficient (Wildman–Crippen LogP) is 5.74. The number of hydrogen-bond donors (Lipinski definition) is 1. The molecule has 1 aliphatic rings. The van der Waals surface area contributed by atoms with Gasteiger partial charge < -0.3 is 5.32 Å². The maximum atomic E-state index is 13.7. The molecule has 0 radical (unpaired) electrons. The van der Waals surface area contributed by atoms with Gasteiger partial charge >= 0.3 is 0 Å². The Morgan fingerprint density at radius 1 is 1.10 bits per heavy atom. The second-order valence-electron chi connectivity index (χ2n) is 7.39. The van der Waals surface area contributed by atoms with Crippen molar-refractivity contribution >= 4 is 35.0 Å². The van der Waals surface area contributed by atoms with Crippen LogP contribution in [-0.4, -0.2) is 17.6 Å². The number of nitrogens with zero attached hydrogens (tertiary/aromatic N) is 1. The molecule has 0 aliphatic carbocycles. The normalized spacial score (nSPS) is 16.9. The molecule has 31 heavy (non-hydrogen) atoms. The van der Waals surface area contributed by atoms with Crippen LogP contribution >= 0.6 is 11.8 Å². The van der Waals surface area contributed by atoms with Crippen molar-refractivity contribution < 1.29 is 14.0 Å². The van der Waals surface area contributed by atoms with Gasteiger partial charge in [-0.3, -0.25) is 14.5 Å². The molecule has 0 unspecified atom stereocenters. The number of carbonyl (C=O) groups excluding carboxylic acids is 2. The topological polar surface area (TPSA) is 49.4 Å². The van der Waals surface area contributed by atoms with Crippen molar-refractivity contribution in [1.29, 1.82) is 0 Å². The van der Waals surface area contributed by atoms with E-state index in [0.717, 1.165) is 11.1 Å². The van der Waals surface area contributed by atoms with Gasteiger partial charge in [-0.25, -0.2) is 4.39 Å². The Morgan fingerprint density at radius 3 is 2.52 bits per heavy atom. The molecule has 158 valence electrons. The molecule has 1 saturated heterocycles. The molecule has 1 fully saturated rings. The Balaban J connectivity index is 1.50. The third-order valence-electron chi connectivity index (χ3n) is 5.34. The van der Waals surface area contributed by atoms with Crippen molar-refractivity contribution in [2.24, 2.45) is 0 Å². The van der Waals surface area contributed by atoms with E-state index in [-0.39, 0.29) is 28.9 Å². The van der Waals surface area contributed by atoms with E-state index >= 15 is 0 Å². The Morgan fingerprint density at radius 2 is 1.84 bits per heavy atom. The van der Waals surface area contributed by atoms with Gasteiger partial charge in [-0.2, -0.15) is 0 Å². The first kappa shape index (κ1) is 21.1. The lowest BCUT2D eigenvalue weighted by atomic mass is 9.95. The monoisotopic (exact) mass is 434 g/mol. The molecule has 2 amide bonds. The van der Waals surface area contributed by atoms with Gasteiger partial charge in [0.2, 0.25) is 11.8 Å². The summed E-state index contributed by atoms with van der Waals surface area (Å²) in [6.45, 7) is 2.00. The maximum absolute atomic E-state index is 13.7. The number of rotatable bonds is 6. The van der Waals surface area contributed by atoms with Crippen molar-refractivity contribution in [2.75, 3.05) is 16.0 Å². The van der Waals surface area contributed by atoms with E-state index < -0.39 is 0 Å². The van der Waals surface area contributed by atoms with Crippen LogP contribution in [-0.2, 0) is 9.59 Å². The van der Waals surface area contributed by atoms with Gasteiger partial charge in [0.25, 0.3) is 0 Å². The number of thioether (sulfide) groups is 1. The molecule has 0 aromatic heterocycles. The van der Waals surface area contributed by atoms with Gasteiger partial charge in [0.15, 0.2) is 0 Å². The number of nitrogens with one attached hydrogen (secondary N) is 1. The largest absolute Gasteiger partial charge is 0.326 e. The number of amides is 2. The van der Waals surface area contributed by atoms with Crippen LogP contribution < -0.4 is 10.2 Å². The number of carbonyl (C=O) groups is 2. The minimum atomic E-state index is -0.372. The second-order valence-corrected chi connectivity index (χ2v) is 8.46. The van der Waals surface area contributed by atoms with Crippen LogP contribution in [0, 0.1) is 5.82 Å². The number of halogens is 1. The summed E-state index contributed by atoms with van der Waals surface area (Å²) in [7, 11) is 0. The summed E-state index contributed by atoms with van der Waals surface area (Å²) in [5, 5.41) is 2.76. The minimum absolute atomic E-state index is 0.0479. The molecule has 3 aromatic carbocycles. The Kier molecular flexibility index (Phi) is 6.37. The Hall–Kier alpha value is -3.12. The fourth-order valence-electron chi connectivity index (χ4n) is 3.79. The summed E-state index contributed by atoms with van der Waals surface area (Å²) in [5.74, 6) is -0.343. The summed E-state index contributed by atoms with van der Waals surface area (Å²) in [5.41, 5.74) is 3.17. The molecule has 4 rings (SSSR count). The molecule has 1 N–H and O–H groups in total. The van der Waals surface area contributed by atoms with Crippen LogP contribution in [0.3, 0.4) is 0 Å². The van der Waals surface area contributed by atoms with Crippen molar-refractivity contribution in [3.05, 3.63) is 95.8 Å². The molecule has 4 nitrogen and oxygen atoms in total. The van der Waals surface area contributed by atoms with Gasteiger partial charge in [0.05, 0.1) is 11.7 Å². The summed E-state index contributed by atoms with van der Waals surface area (Å²) < 4.78 is 13.7. The number of anilines is 2. The van der Waals surface area contributed by atoms with Crippen LogP contribution in [0.15, 0.2) is 78.9 Å². The Bertz CT molecular complexity index is 1070. The van der Waals surface area contributed by atoms with Gasteiger partial charge in [0, 0.05) is 11.4 Å². The van der Waals surface area contributed by atoms with E-state index in [1.54, 1.807) is 17.0 Å². The Labute approximate surface area is 185 Å². The molecule has 0 bridgehead atoms. The minimum Gasteiger partial charge on any atom is -0.326 e. The first-order valence-electron chi connectivity index (χ1n) is 10.2. The summed E-state index contributed by atoms with van der Waals surface area (Å²) in [6.07, 6.45) is 0.706. The van der Waals surface area contributed by atoms with Gasteiger partial charge in [-0.1, -0.05) is 55.5 Å². The highest BCUT2D eigenvalue weighted by Gasteiger charge is 2.34. The highest BCUT2D eigenvalue weighted by molar-refractivity contribution is 8.00.